The lowest BCUT2D eigenvalue weighted by Gasteiger charge is -2.48. The summed E-state index contributed by atoms with van der Waals surface area (Å²) in [5.41, 5.74) is 2.37. The molecule has 130 valence electrons. The van der Waals surface area contributed by atoms with Crippen molar-refractivity contribution in [3.8, 4) is 0 Å². The van der Waals surface area contributed by atoms with Crippen molar-refractivity contribution in [2.75, 3.05) is 32.8 Å². The van der Waals surface area contributed by atoms with E-state index in [0.29, 0.717) is 18.6 Å². The van der Waals surface area contributed by atoms with Gasteiger partial charge < -0.3 is 15.0 Å². The number of hydrogen-bond acceptors (Lipinski definition) is 3. The van der Waals surface area contributed by atoms with Crippen molar-refractivity contribution in [2.45, 2.75) is 38.4 Å². The lowest BCUT2D eigenvalue weighted by atomic mass is 10.0. The molecule has 0 spiro atoms. The van der Waals surface area contributed by atoms with E-state index in [-0.39, 0.29) is 6.03 Å². The van der Waals surface area contributed by atoms with Gasteiger partial charge in [-0.1, -0.05) is 29.8 Å². The van der Waals surface area contributed by atoms with Crippen molar-refractivity contribution in [3.63, 3.8) is 0 Å². The maximum Gasteiger partial charge on any atom is 0.317 e. The second kappa shape index (κ2) is 6.73. The fourth-order valence-corrected chi connectivity index (χ4v) is 4.06. The largest absolute Gasteiger partial charge is 0.378 e. The molecule has 0 unspecified atom stereocenters. The van der Waals surface area contributed by atoms with Crippen LogP contribution in [0.15, 0.2) is 24.3 Å². The summed E-state index contributed by atoms with van der Waals surface area (Å²) >= 11 is 0. The fraction of sp³-hybridized carbons (Fsp3) is 0.632. The van der Waals surface area contributed by atoms with Crippen LogP contribution in [-0.4, -0.2) is 60.8 Å². The van der Waals surface area contributed by atoms with Gasteiger partial charge >= 0.3 is 6.03 Å². The third kappa shape index (κ3) is 3.42. The molecule has 1 saturated carbocycles. The summed E-state index contributed by atoms with van der Waals surface area (Å²) in [7, 11) is 0. The number of nitrogens with one attached hydrogen (secondary N) is 1. The Morgan fingerprint density at radius 3 is 2.96 bits per heavy atom. The third-order valence-corrected chi connectivity index (χ3v) is 5.53. The minimum Gasteiger partial charge on any atom is -0.378 e. The number of amides is 2. The molecule has 2 heterocycles. The molecule has 0 aromatic heterocycles. The van der Waals surface area contributed by atoms with Gasteiger partial charge in [-0.3, -0.25) is 4.90 Å². The first kappa shape index (κ1) is 15.9. The molecule has 1 N–H and O–H groups in total. The van der Waals surface area contributed by atoms with E-state index >= 15 is 0 Å². The minimum absolute atomic E-state index is 0.0460. The number of benzene rings is 1. The van der Waals surface area contributed by atoms with Crippen molar-refractivity contribution < 1.29 is 9.53 Å². The third-order valence-electron chi connectivity index (χ3n) is 5.53. The van der Waals surface area contributed by atoms with Crippen molar-refractivity contribution >= 4 is 6.03 Å². The van der Waals surface area contributed by atoms with Gasteiger partial charge in [0.2, 0.25) is 0 Å². The maximum absolute atomic E-state index is 12.5. The normalized spacial score (nSPS) is 27.6. The molecule has 0 bridgehead atoms. The van der Waals surface area contributed by atoms with E-state index < -0.39 is 0 Å². The summed E-state index contributed by atoms with van der Waals surface area (Å²) in [6.07, 6.45) is 2.69. The van der Waals surface area contributed by atoms with Crippen LogP contribution < -0.4 is 5.32 Å². The predicted molar refractivity (Wildman–Crippen MR) is 92.8 cm³/mol. The van der Waals surface area contributed by atoms with Gasteiger partial charge in [-0.05, 0) is 31.2 Å². The predicted octanol–water partition coefficient (Wildman–Crippen LogP) is 2.00. The van der Waals surface area contributed by atoms with Crippen LogP contribution in [0.4, 0.5) is 4.79 Å². The van der Waals surface area contributed by atoms with Gasteiger partial charge in [0.1, 0.15) is 0 Å². The highest BCUT2D eigenvalue weighted by atomic mass is 16.5. The molecule has 5 nitrogen and oxygen atoms in total. The Hall–Kier alpha value is -1.59. The summed E-state index contributed by atoms with van der Waals surface area (Å²) in [4.78, 5) is 17.1. The number of fused-ring (bicyclic) bond motifs is 1. The summed E-state index contributed by atoms with van der Waals surface area (Å²) in [6, 6.07) is 9.28. The lowest BCUT2D eigenvalue weighted by molar-refractivity contribution is -0.0802. The summed E-state index contributed by atoms with van der Waals surface area (Å²) in [5, 5.41) is 3.07. The molecule has 2 saturated heterocycles. The van der Waals surface area contributed by atoms with Gasteiger partial charge in [-0.15, -0.1) is 0 Å². The molecule has 4 rings (SSSR count). The van der Waals surface area contributed by atoms with Crippen molar-refractivity contribution in [3.05, 3.63) is 35.4 Å². The quantitative estimate of drug-likeness (QED) is 0.922. The first-order chi connectivity index (χ1) is 11.7. The van der Waals surface area contributed by atoms with E-state index in [2.05, 4.69) is 35.3 Å². The Morgan fingerprint density at radius 1 is 1.29 bits per heavy atom. The number of carbonyl (C=O) groups is 1. The molecule has 3 aliphatic rings. The number of urea groups is 1. The van der Waals surface area contributed by atoms with E-state index in [1.807, 2.05) is 11.0 Å². The first-order valence-corrected chi connectivity index (χ1v) is 9.12. The van der Waals surface area contributed by atoms with Gasteiger partial charge in [0.15, 0.2) is 0 Å². The van der Waals surface area contributed by atoms with E-state index in [1.165, 1.54) is 18.4 Å². The monoisotopic (exact) mass is 329 g/mol. The second-order valence-electron chi connectivity index (χ2n) is 7.43. The number of piperazine rings is 1. The zero-order valence-electron chi connectivity index (χ0n) is 14.4. The SMILES string of the molecule is Cc1cccc(CNC(=O)N2CCN3[C@@H](COC[C@@H]3C3CC3)C2)c1. The summed E-state index contributed by atoms with van der Waals surface area (Å²) in [6.45, 7) is 6.87. The molecular formula is C19H27N3O2. The second-order valence-corrected chi connectivity index (χ2v) is 7.43. The number of aryl methyl sites for hydroxylation is 1. The minimum atomic E-state index is 0.0460. The molecule has 2 atom stereocenters. The summed E-state index contributed by atoms with van der Waals surface area (Å²) < 4.78 is 5.82. The number of ether oxygens (including phenoxy) is 1. The van der Waals surface area contributed by atoms with E-state index in [0.717, 1.165) is 44.3 Å². The number of carbonyl (C=O) groups excluding carboxylic acids is 1. The zero-order chi connectivity index (χ0) is 16.5. The van der Waals surface area contributed by atoms with Gasteiger partial charge in [-0.2, -0.15) is 0 Å². The van der Waals surface area contributed by atoms with Crippen LogP contribution in [0.3, 0.4) is 0 Å². The highest BCUT2D eigenvalue weighted by Crippen LogP contribution is 2.38. The van der Waals surface area contributed by atoms with E-state index in [4.69, 9.17) is 4.74 Å². The Balaban J connectivity index is 1.31. The van der Waals surface area contributed by atoms with Crippen molar-refractivity contribution in [1.29, 1.82) is 0 Å². The van der Waals surface area contributed by atoms with E-state index in [9.17, 15) is 4.79 Å². The topological polar surface area (TPSA) is 44.8 Å². The van der Waals surface area contributed by atoms with Crippen LogP contribution >= 0.6 is 0 Å². The fourth-order valence-electron chi connectivity index (χ4n) is 4.06. The van der Waals surface area contributed by atoms with E-state index in [1.54, 1.807) is 0 Å². The molecule has 1 aromatic carbocycles. The molecule has 1 aromatic rings. The molecule has 5 heteroatoms. The average Bonchev–Trinajstić information content (AvgIpc) is 3.43. The highest BCUT2D eigenvalue weighted by molar-refractivity contribution is 5.74. The Kier molecular flexibility index (Phi) is 4.46. The Labute approximate surface area is 144 Å². The summed E-state index contributed by atoms with van der Waals surface area (Å²) in [5.74, 6) is 0.828. The number of morpholine rings is 1. The zero-order valence-corrected chi connectivity index (χ0v) is 14.4. The van der Waals surface area contributed by atoms with Crippen LogP contribution in [0, 0.1) is 12.8 Å². The molecule has 24 heavy (non-hydrogen) atoms. The molecule has 2 amide bonds. The van der Waals surface area contributed by atoms with Crippen LogP contribution in [0.5, 0.6) is 0 Å². The van der Waals surface area contributed by atoms with Crippen LogP contribution in [0.25, 0.3) is 0 Å². The maximum atomic E-state index is 12.5. The molecule has 2 aliphatic heterocycles. The Morgan fingerprint density at radius 2 is 2.17 bits per heavy atom. The van der Waals surface area contributed by atoms with Crippen LogP contribution in [-0.2, 0) is 11.3 Å². The average molecular weight is 329 g/mol. The molecule has 1 aliphatic carbocycles. The van der Waals surface area contributed by atoms with Crippen LogP contribution in [0.2, 0.25) is 0 Å². The molecule has 0 radical (unpaired) electrons. The van der Waals surface area contributed by atoms with Crippen LogP contribution in [0.1, 0.15) is 24.0 Å². The molecular weight excluding hydrogens is 302 g/mol. The molecule has 3 fully saturated rings. The number of hydrogen-bond donors (Lipinski definition) is 1. The van der Waals surface area contributed by atoms with Crippen molar-refractivity contribution in [2.24, 2.45) is 5.92 Å². The first-order valence-electron chi connectivity index (χ1n) is 9.12. The number of nitrogens with zero attached hydrogens (tertiary/aromatic N) is 2. The van der Waals surface area contributed by atoms with Gasteiger partial charge in [0.25, 0.3) is 0 Å². The highest BCUT2D eigenvalue weighted by Gasteiger charge is 2.43. The standard InChI is InChI=1S/C19H27N3O2/c1-14-3-2-4-15(9-14)10-20-19(23)21-7-8-22-17(11-21)12-24-13-18(22)16-5-6-16/h2-4,9,16-18H,5-8,10-13H2,1H3,(H,20,23)/t17-,18-/m1/s1. The van der Waals surface area contributed by atoms with Gasteiger partial charge in [-0.25, -0.2) is 4.79 Å². The van der Waals surface area contributed by atoms with Crippen molar-refractivity contribution in [1.82, 2.24) is 15.1 Å². The van der Waals surface area contributed by atoms with Gasteiger partial charge in [0.05, 0.1) is 19.3 Å². The smallest absolute Gasteiger partial charge is 0.317 e. The lowest BCUT2D eigenvalue weighted by Crippen LogP contribution is -2.64. The Bertz CT molecular complexity index is 602. The van der Waals surface area contributed by atoms with Gasteiger partial charge in [0, 0.05) is 32.2 Å². The number of rotatable bonds is 3.